The second-order valence-electron chi connectivity index (χ2n) is 9.90. The number of anilines is 2. The molecule has 2 atom stereocenters. The van der Waals surface area contributed by atoms with Crippen LogP contribution >= 0.6 is 0 Å². The van der Waals surface area contributed by atoms with Crippen LogP contribution in [0.5, 0.6) is 0 Å². The maximum Gasteiger partial charge on any atom is 0.305 e. The topological polar surface area (TPSA) is 176 Å². The predicted molar refractivity (Wildman–Crippen MR) is 148 cm³/mol. The lowest BCUT2D eigenvalue weighted by atomic mass is 10.1. The first-order chi connectivity index (χ1) is 20.2. The fourth-order valence-corrected chi connectivity index (χ4v) is 4.75. The summed E-state index contributed by atoms with van der Waals surface area (Å²) in [4.78, 5) is 59.0. The van der Waals surface area contributed by atoms with Crippen LogP contribution < -0.4 is 21.1 Å². The Hall–Kier alpha value is -4.66. The summed E-state index contributed by atoms with van der Waals surface area (Å²) < 4.78 is 20.0. The molecule has 3 heterocycles. The number of nitrogens with one attached hydrogen (secondary N) is 2. The van der Waals surface area contributed by atoms with Crippen LogP contribution in [0.15, 0.2) is 46.1 Å². The highest BCUT2D eigenvalue weighted by Crippen LogP contribution is 2.20. The van der Waals surface area contributed by atoms with Crippen molar-refractivity contribution >= 4 is 29.2 Å². The molecule has 0 bridgehead atoms. The number of piperazine rings is 1. The molecule has 3 N–H and O–H groups in total. The molecule has 0 radical (unpaired) electrons. The summed E-state index contributed by atoms with van der Waals surface area (Å²) in [5.41, 5.74) is 0.938. The van der Waals surface area contributed by atoms with Crippen molar-refractivity contribution in [1.29, 1.82) is 0 Å². The second kappa shape index (κ2) is 13.8. The van der Waals surface area contributed by atoms with Crippen molar-refractivity contribution in [2.24, 2.45) is 0 Å². The number of benzene rings is 1. The Labute approximate surface area is 240 Å². The Morgan fingerprint density at radius 1 is 1.14 bits per heavy atom. The lowest BCUT2D eigenvalue weighted by Crippen LogP contribution is -2.52. The van der Waals surface area contributed by atoms with Gasteiger partial charge in [-0.3, -0.25) is 28.6 Å². The van der Waals surface area contributed by atoms with E-state index >= 15 is 0 Å². The average molecular weight is 585 g/mol. The van der Waals surface area contributed by atoms with Crippen LogP contribution in [0.1, 0.15) is 37.2 Å². The molecule has 1 aliphatic rings. The van der Waals surface area contributed by atoms with E-state index in [1.807, 2.05) is 9.80 Å². The van der Waals surface area contributed by atoms with Crippen molar-refractivity contribution in [3.8, 4) is 0 Å². The molecule has 42 heavy (non-hydrogen) atoms. The Morgan fingerprint density at radius 3 is 2.52 bits per heavy atom. The van der Waals surface area contributed by atoms with Gasteiger partial charge in [0.2, 0.25) is 5.91 Å². The number of para-hydroxylation sites is 1. The van der Waals surface area contributed by atoms with Gasteiger partial charge >= 0.3 is 5.97 Å². The zero-order valence-corrected chi connectivity index (χ0v) is 23.3. The Balaban J connectivity index is 1.40. The Bertz CT molecular complexity index is 1470. The van der Waals surface area contributed by atoms with Gasteiger partial charge in [-0.25, -0.2) is 14.0 Å². The lowest BCUT2D eigenvalue weighted by molar-refractivity contribution is -0.140. The number of aryl methyl sites for hydroxylation is 1. The predicted octanol–water partition coefficient (Wildman–Crippen LogP) is 0.988. The third-order valence-corrected chi connectivity index (χ3v) is 7.09. The molecular weight excluding hydrogens is 551 g/mol. The lowest BCUT2D eigenvalue weighted by Gasteiger charge is -2.36. The van der Waals surface area contributed by atoms with Crippen LogP contribution in [-0.2, 0) is 20.9 Å². The van der Waals surface area contributed by atoms with E-state index in [4.69, 9.17) is 0 Å². The van der Waals surface area contributed by atoms with Gasteiger partial charge in [0.05, 0.1) is 31.2 Å². The van der Waals surface area contributed by atoms with E-state index in [1.54, 1.807) is 32.0 Å². The third kappa shape index (κ3) is 7.34. The van der Waals surface area contributed by atoms with Crippen molar-refractivity contribution in [3.63, 3.8) is 0 Å². The quantitative estimate of drug-likeness (QED) is 0.260. The first kappa shape index (κ1) is 30.3. The molecule has 224 valence electrons. The number of amides is 1. The molecule has 1 aliphatic heterocycles. The molecule has 4 rings (SSSR count). The SMILES string of the molecule is CCC(C(=O)NC(CC(=O)O)C(=O)CN1CCN(c2ccccc2F)CC1)n1ccnc(NCc2nonc2C)c1=O. The van der Waals surface area contributed by atoms with Crippen LogP contribution in [0.2, 0.25) is 0 Å². The Morgan fingerprint density at radius 2 is 1.88 bits per heavy atom. The second-order valence-corrected chi connectivity index (χ2v) is 9.90. The van der Waals surface area contributed by atoms with Crippen molar-refractivity contribution in [2.75, 3.05) is 42.9 Å². The zero-order valence-electron chi connectivity index (χ0n) is 23.3. The van der Waals surface area contributed by atoms with Crippen LogP contribution in [0.3, 0.4) is 0 Å². The molecule has 0 saturated carbocycles. The van der Waals surface area contributed by atoms with Crippen molar-refractivity contribution < 1.29 is 28.5 Å². The number of aliphatic carboxylic acids is 1. The highest BCUT2D eigenvalue weighted by Gasteiger charge is 2.30. The van der Waals surface area contributed by atoms with E-state index in [-0.39, 0.29) is 31.1 Å². The number of carbonyl (C=O) groups is 3. The fourth-order valence-electron chi connectivity index (χ4n) is 4.75. The highest BCUT2D eigenvalue weighted by atomic mass is 19.1. The molecule has 3 aromatic rings. The summed E-state index contributed by atoms with van der Waals surface area (Å²) in [6.07, 6.45) is 2.29. The van der Waals surface area contributed by atoms with Crippen LogP contribution in [0, 0.1) is 12.7 Å². The third-order valence-electron chi connectivity index (χ3n) is 7.09. The molecule has 14 nitrogen and oxygen atoms in total. The number of carboxylic acids is 1. The number of rotatable bonds is 13. The number of carboxylic acid groups (broad SMARTS) is 1. The van der Waals surface area contributed by atoms with Crippen LogP contribution in [0.25, 0.3) is 0 Å². The van der Waals surface area contributed by atoms with E-state index in [9.17, 15) is 28.7 Å². The maximum absolute atomic E-state index is 14.2. The number of Topliss-reactive ketones (excluding diaryl/α,β-unsaturated/α-hetero) is 1. The maximum atomic E-state index is 14.2. The highest BCUT2D eigenvalue weighted by molar-refractivity contribution is 5.94. The van der Waals surface area contributed by atoms with Crippen molar-refractivity contribution in [1.82, 2.24) is 30.1 Å². The van der Waals surface area contributed by atoms with Crippen LogP contribution in [-0.4, -0.2) is 86.3 Å². The summed E-state index contributed by atoms with van der Waals surface area (Å²) in [6.45, 7) is 5.30. The molecule has 0 spiro atoms. The molecular formula is C27H33FN8O6. The summed E-state index contributed by atoms with van der Waals surface area (Å²) in [5.74, 6) is -2.75. The summed E-state index contributed by atoms with van der Waals surface area (Å²) in [6, 6.07) is 4.14. The van der Waals surface area contributed by atoms with Gasteiger partial charge in [-0.15, -0.1) is 0 Å². The van der Waals surface area contributed by atoms with Crippen molar-refractivity contribution in [2.45, 2.75) is 45.3 Å². The number of aromatic nitrogens is 4. The minimum absolute atomic E-state index is 0.0289. The summed E-state index contributed by atoms with van der Waals surface area (Å²) in [5, 5.41) is 22.3. The largest absolute Gasteiger partial charge is 0.481 e. The van der Waals surface area contributed by atoms with Gasteiger partial charge in [0.15, 0.2) is 11.6 Å². The van der Waals surface area contributed by atoms with Gasteiger partial charge in [0, 0.05) is 38.6 Å². The number of hydrogen-bond acceptors (Lipinski definition) is 11. The molecule has 2 aromatic heterocycles. The van der Waals surface area contributed by atoms with Crippen LogP contribution in [0.4, 0.5) is 15.9 Å². The van der Waals surface area contributed by atoms with Gasteiger partial charge in [-0.05, 0) is 25.5 Å². The standard InChI is InChI=1S/C27H33FN8O6/c1-3-21(36-9-8-29-25(27(36)41)30-15-20-17(2)32-42-33-20)26(40)31-19(14-24(38)39)23(37)16-34-10-12-35(13-11-34)22-7-5-4-6-18(22)28/h4-9,19,21H,3,10-16H2,1-2H3,(H,29,30)(H,31,40)(H,38,39). The minimum Gasteiger partial charge on any atom is -0.481 e. The fraction of sp³-hybridized carbons (Fsp3) is 0.444. The smallest absolute Gasteiger partial charge is 0.305 e. The van der Waals surface area contributed by atoms with Gasteiger partial charge in [-0.1, -0.05) is 29.4 Å². The number of carbonyl (C=O) groups excluding carboxylic acids is 2. The molecule has 2 unspecified atom stereocenters. The first-order valence-corrected chi connectivity index (χ1v) is 13.5. The van der Waals surface area contributed by atoms with E-state index in [2.05, 4.69) is 30.6 Å². The molecule has 1 fully saturated rings. The molecule has 1 amide bonds. The van der Waals surface area contributed by atoms with E-state index < -0.39 is 41.7 Å². The number of hydrogen-bond donors (Lipinski definition) is 3. The average Bonchev–Trinajstić information content (AvgIpc) is 3.38. The van der Waals surface area contributed by atoms with E-state index in [0.29, 0.717) is 43.3 Å². The molecule has 15 heteroatoms. The van der Waals surface area contributed by atoms with Gasteiger partial charge in [-0.2, -0.15) is 0 Å². The zero-order chi connectivity index (χ0) is 30.2. The van der Waals surface area contributed by atoms with Gasteiger partial charge in [0.1, 0.15) is 23.2 Å². The molecule has 1 saturated heterocycles. The summed E-state index contributed by atoms with van der Waals surface area (Å²) in [7, 11) is 0. The molecule has 0 aliphatic carbocycles. The Kier molecular flexibility index (Phi) is 9.96. The van der Waals surface area contributed by atoms with E-state index in [1.165, 1.54) is 23.0 Å². The number of ketones is 1. The number of halogens is 1. The first-order valence-electron chi connectivity index (χ1n) is 13.5. The normalized spacial score (nSPS) is 15.2. The van der Waals surface area contributed by atoms with Crippen molar-refractivity contribution in [3.05, 3.63) is 64.2 Å². The monoisotopic (exact) mass is 584 g/mol. The molecule has 1 aromatic carbocycles. The van der Waals surface area contributed by atoms with Gasteiger partial charge < -0.3 is 20.6 Å². The minimum atomic E-state index is -1.30. The number of nitrogens with zero attached hydrogens (tertiary/aromatic N) is 6. The van der Waals surface area contributed by atoms with E-state index in [0.717, 1.165) is 0 Å². The summed E-state index contributed by atoms with van der Waals surface area (Å²) >= 11 is 0. The van der Waals surface area contributed by atoms with Gasteiger partial charge in [0.25, 0.3) is 5.56 Å².